The number of rotatable bonds is 5. The lowest BCUT2D eigenvalue weighted by atomic mass is 10.2. The number of sulfonamides is 1. The van der Waals surface area contributed by atoms with Crippen molar-refractivity contribution >= 4 is 21.1 Å². The zero-order valence-electron chi connectivity index (χ0n) is 18.2. The van der Waals surface area contributed by atoms with Gasteiger partial charge in [0.25, 0.3) is 0 Å². The van der Waals surface area contributed by atoms with Gasteiger partial charge in [-0.05, 0) is 31.2 Å². The molecule has 0 spiro atoms. The molecule has 0 bridgehead atoms. The van der Waals surface area contributed by atoms with E-state index in [1.165, 1.54) is 9.87 Å². The molecule has 0 saturated carbocycles. The van der Waals surface area contributed by atoms with Crippen molar-refractivity contribution in [1.29, 1.82) is 0 Å². The molecule has 0 amide bonds. The third-order valence-corrected chi connectivity index (χ3v) is 8.01. The van der Waals surface area contributed by atoms with Crippen LogP contribution in [0, 0.1) is 0 Å². The highest BCUT2D eigenvalue weighted by molar-refractivity contribution is 7.89. The Bertz CT molecular complexity index is 1220. The van der Waals surface area contributed by atoms with Gasteiger partial charge in [-0.25, -0.2) is 13.4 Å². The van der Waals surface area contributed by atoms with E-state index in [0.717, 1.165) is 36.7 Å². The number of fused-ring (bicyclic) bond motifs is 2. The van der Waals surface area contributed by atoms with Crippen LogP contribution in [-0.2, 0) is 34.4 Å². The number of morpholine rings is 1. The average molecular weight is 457 g/mol. The van der Waals surface area contributed by atoms with Gasteiger partial charge < -0.3 is 14.0 Å². The van der Waals surface area contributed by atoms with E-state index in [1.54, 1.807) is 12.1 Å². The molecular formula is C23H28N4O4S. The molecule has 5 rings (SSSR count). The second-order valence-electron chi connectivity index (χ2n) is 8.11. The maximum Gasteiger partial charge on any atom is 0.243 e. The Morgan fingerprint density at radius 1 is 1.03 bits per heavy atom. The largest absolute Gasteiger partial charge is 0.492 e. The fourth-order valence-electron chi connectivity index (χ4n) is 4.44. The summed E-state index contributed by atoms with van der Waals surface area (Å²) >= 11 is 0. The molecule has 1 fully saturated rings. The number of benzene rings is 2. The average Bonchev–Trinajstić information content (AvgIpc) is 3.02. The van der Waals surface area contributed by atoms with Gasteiger partial charge in [-0.2, -0.15) is 4.31 Å². The molecule has 0 radical (unpaired) electrons. The van der Waals surface area contributed by atoms with Crippen LogP contribution in [-0.4, -0.2) is 66.6 Å². The SMILES string of the molecule is CCn1c(CN2CCOc3ccccc3C2)nc2cc(S(=O)(=O)N3CCOCC3)ccc21. The van der Waals surface area contributed by atoms with Gasteiger partial charge in [-0.15, -0.1) is 0 Å². The number of hydrogen-bond donors (Lipinski definition) is 0. The van der Waals surface area contributed by atoms with Crippen molar-refractivity contribution in [3.05, 3.63) is 53.9 Å². The van der Waals surface area contributed by atoms with Crippen LogP contribution in [0.4, 0.5) is 0 Å². The topological polar surface area (TPSA) is 76.9 Å². The van der Waals surface area contributed by atoms with E-state index in [1.807, 2.05) is 24.3 Å². The highest BCUT2D eigenvalue weighted by atomic mass is 32.2. The van der Waals surface area contributed by atoms with E-state index < -0.39 is 10.0 Å². The minimum Gasteiger partial charge on any atom is -0.492 e. The van der Waals surface area contributed by atoms with E-state index in [2.05, 4.69) is 22.5 Å². The van der Waals surface area contributed by atoms with Crippen LogP contribution in [0.25, 0.3) is 11.0 Å². The van der Waals surface area contributed by atoms with Gasteiger partial charge in [0.2, 0.25) is 10.0 Å². The maximum absolute atomic E-state index is 13.1. The first kappa shape index (κ1) is 21.4. The lowest BCUT2D eigenvalue weighted by Crippen LogP contribution is -2.40. The van der Waals surface area contributed by atoms with E-state index in [9.17, 15) is 8.42 Å². The standard InChI is InChI=1S/C23H28N4O4S/c1-2-27-21-8-7-19(32(28,29)26-10-12-30-13-11-26)15-20(21)24-23(27)17-25-9-14-31-22-6-4-3-5-18(22)16-25/h3-8,15H,2,9-14,16-17H2,1H3. The van der Waals surface area contributed by atoms with Gasteiger partial charge in [0.15, 0.2) is 0 Å². The van der Waals surface area contributed by atoms with Gasteiger partial charge in [0.1, 0.15) is 18.2 Å². The highest BCUT2D eigenvalue weighted by Crippen LogP contribution is 2.26. The van der Waals surface area contributed by atoms with Gasteiger partial charge in [-0.1, -0.05) is 18.2 Å². The van der Waals surface area contributed by atoms with Crippen LogP contribution < -0.4 is 4.74 Å². The van der Waals surface area contributed by atoms with Crippen LogP contribution >= 0.6 is 0 Å². The van der Waals surface area contributed by atoms with Crippen molar-refractivity contribution in [2.75, 3.05) is 39.5 Å². The lowest BCUT2D eigenvalue weighted by Gasteiger charge is -2.26. The van der Waals surface area contributed by atoms with Crippen LogP contribution in [0.5, 0.6) is 5.75 Å². The number of para-hydroxylation sites is 1. The molecule has 2 aliphatic rings. The van der Waals surface area contributed by atoms with Crippen molar-refractivity contribution < 1.29 is 17.9 Å². The molecule has 0 N–H and O–H groups in total. The number of aryl methyl sites for hydroxylation is 1. The molecule has 8 nitrogen and oxygen atoms in total. The van der Waals surface area contributed by atoms with E-state index >= 15 is 0 Å². The van der Waals surface area contributed by atoms with E-state index in [-0.39, 0.29) is 4.90 Å². The number of nitrogens with zero attached hydrogens (tertiary/aromatic N) is 4. The van der Waals surface area contributed by atoms with Crippen molar-refractivity contribution in [2.45, 2.75) is 31.5 Å². The third kappa shape index (κ3) is 4.01. The molecule has 9 heteroatoms. The Kier molecular flexibility index (Phi) is 5.90. The first-order valence-corrected chi connectivity index (χ1v) is 12.5. The van der Waals surface area contributed by atoms with Crippen LogP contribution in [0.15, 0.2) is 47.4 Å². The van der Waals surface area contributed by atoms with Crippen molar-refractivity contribution in [1.82, 2.24) is 18.8 Å². The van der Waals surface area contributed by atoms with Crippen LogP contribution in [0.3, 0.4) is 0 Å². The van der Waals surface area contributed by atoms with Gasteiger partial charge in [0, 0.05) is 38.3 Å². The van der Waals surface area contributed by atoms with E-state index in [0.29, 0.717) is 45.0 Å². The molecule has 2 aliphatic heterocycles. The van der Waals surface area contributed by atoms with E-state index in [4.69, 9.17) is 14.5 Å². The van der Waals surface area contributed by atoms with Crippen LogP contribution in [0.2, 0.25) is 0 Å². The molecule has 1 aromatic heterocycles. The summed E-state index contributed by atoms with van der Waals surface area (Å²) < 4.78 is 41.0. The number of hydrogen-bond acceptors (Lipinski definition) is 6. The minimum absolute atomic E-state index is 0.288. The monoisotopic (exact) mass is 456 g/mol. The van der Waals surface area contributed by atoms with Crippen molar-refractivity contribution in [3.8, 4) is 5.75 Å². The molecular weight excluding hydrogens is 428 g/mol. The fraction of sp³-hybridized carbons (Fsp3) is 0.435. The highest BCUT2D eigenvalue weighted by Gasteiger charge is 2.27. The van der Waals surface area contributed by atoms with Crippen molar-refractivity contribution in [3.63, 3.8) is 0 Å². The minimum atomic E-state index is -3.55. The summed E-state index contributed by atoms with van der Waals surface area (Å²) in [6.45, 7) is 7.37. The summed E-state index contributed by atoms with van der Waals surface area (Å²) in [5.74, 6) is 1.87. The first-order valence-electron chi connectivity index (χ1n) is 11.1. The first-order chi connectivity index (χ1) is 15.6. The second-order valence-corrected chi connectivity index (χ2v) is 10.0. The fourth-order valence-corrected chi connectivity index (χ4v) is 5.87. The normalized spacial score (nSPS) is 18.3. The maximum atomic E-state index is 13.1. The Morgan fingerprint density at radius 3 is 2.66 bits per heavy atom. The molecule has 170 valence electrons. The summed E-state index contributed by atoms with van der Waals surface area (Å²) in [7, 11) is -3.55. The molecule has 3 aromatic rings. The predicted octanol–water partition coefficient (Wildman–Crippen LogP) is 2.47. The molecule has 32 heavy (non-hydrogen) atoms. The second kappa shape index (κ2) is 8.82. The number of imidazole rings is 1. The Labute approximate surface area is 188 Å². The predicted molar refractivity (Wildman–Crippen MR) is 121 cm³/mol. The molecule has 3 heterocycles. The summed E-state index contributed by atoms with van der Waals surface area (Å²) in [4.78, 5) is 7.47. The number of aromatic nitrogens is 2. The van der Waals surface area contributed by atoms with Crippen molar-refractivity contribution in [2.24, 2.45) is 0 Å². The zero-order valence-corrected chi connectivity index (χ0v) is 19.1. The lowest BCUT2D eigenvalue weighted by molar-refractivity contribution is 0.0730. The van der Waals surface area contributed by atoms with Gasteiger partial charge >= 0.3 is 0 Å². The third-order valence-electron chi connectivity index (χ3n) is 6.12. The summed E-state index contributed by atoms with van der Waals surface area (Å²) in [6.07, 6.45) is 0. The zero-order chi connectivity index (χ0) is 22.1. The smallest absolute Gasteiger partial charge is 0.243 e. The Morgan fingerprint density at radius 2 is 1.84 bits per heavy atom. The Balaban J connectivity index is 1.44. The van der Waals surface area contributed by atoms with Crippen LogP contribution in [0.1, 0.15) is 18.3 Å². The summed E-state index contributed by atoms with van der Waals surface area (Å²) in [5, 5.41) is 0. The molecule has 0 aliphatic carbocycles. The molecule has 0 unspecified atom stereocenters. The molecule has 0 atom stereocenters. The molecule has 1 saturated heterocycles. The van der Waals surface area contributed by atoms with Gasteiger partial charge in [0.05, 0.1) is 35.7 Å². The van der Waals surface area contributed by atoms with Gasteiger partial charge in [-0.3, -0.25) is 4.90 Å². The quantitative estimate of drug-likeness (QED) is 0.587. The Hall–Kier alpha value is -2.46. The molecule has 2 aromatic carbocycles. The summed E-state index contributed by atoms with van der Waals surface area (Å²) in [5.41, 5.74) is 2.83. The number of ether oxygens (including phenoxy) is 2. The summed E-state index contributed by atoms with van der Waals surface area (Å²) in [6, 6.07) is 13.4.